The molecule has 0 fully saturated rings. The first-order valence-corrected chi connectivity index (χ1v) is 7.23. The molecule has 2 aromatic rings. The third kappa shape index (κ3) is 3.87. The number of ether oxygens (including phenoxy) is 4. The highest BCUT2D eigenvalue weighted by Gasteiger charge is 2.16. The van der Waals surface area contributed by atoms with Crippen LogP contribution in [0.1, 0.15) is 17.2 Å². The predicted molar refractivity (Wildman–Crippen MR) is 87.8 cm³/mol. The molecule has 0 bridgehead atoms. The molecule has 0 radical (unpaired) electrons. The highest BCUT2D eigenvalue weighted by molar-refractivity contribution is 5.54. The van der Waals surface area contributed by atoms with E-state index in [0.717, 1.165) is 16.9 Å². The van der Waals surface area contributed by atoms with Crippen LogP contribution < -0.4 is 18.9 Å². The number of aliphatic hydroxyl groups is 1. The molecular formula is C18H22O5. The van der Waals surface area contributed by atoms with Crippen molar-refractivity contribution in [3.63, 3.8) is 0 Å². The molecule has 0 spiro atoms. The molecule has 5 nitrogen and oxygen atoms in total. The van der Waals surface area contributed by atoms with Crippen molar-refractivity contribution in [1.29, 1.82) is 0 Å². The lowest BCUT2D eigenvalue weighted by molar-refractivity contribution is 0.178. The van der Waals surface area contributed by atoms with Crippen LogP contribution in [0, 0.1) is 0 Å². The second kappa shape index (κ2) is 7.74. The molecule has 0 aromatic heterocycles. The van der Waals surface area contributed by atoms with Crippen LogP contribution in [0.15, 0.2) is 36.4 Å². The first-order chi connectivity index (χ1) is 11.1. The van der Waals surface area contributed by atoms with Crippen molar-refractivity contribution >= 4 is 0 Å². The van der Waals surface area contributed by atoms with E-state index in [4.69, 9.17) is 18.9 Å². The summed E-state index contributed by atoms with van der Waals surface area (Å²) in [6.07, 6.45) is -0.202. The highest BCUT2D eigenvalue weighted by atomic mass is 16.5. The fourth-order valence-electron chi connectivity index (χ4n) is 2.42. The second-order valence-corrected chi connectivity index (χ2v) is 5.03. The summed E-state index contributed by atoms with van der Waals surface area (Å²) in [5.41, 5.74) is 1.71. The maximum atomic E-state index is 10.4. The first-order valence-electron chi connectivity index (χ1n) is 7.23. The maximum Gasteiger partial charge on any atom is 0.203 e. The molecular weight excluding hydrogens is 296 g/mol. The molecule has 23 heavy (non-hydrogen) atoms. The fourth-order valence-corrected chi connectivity index (χ4v) is 2.42. The molecule has 5 heteroatoms. The van der Waals surface area contributed by atoms with Crippen molar-refractivity contribution in [2.24, 2.45) is 0 Å². The van der Waals surface area contributed by atoms with Gasteiger partial charge in [-0.2, -0.15) is 0 Å². The predicted octanol–water partition coefficient (Wildman–Crippen LogP) is 3.00. The van der Waals surface area contributed by atoms with Gasteiger partial charge in [0.1, 0.15) is 5.75 Å². The Hall–Kier alpha value is -2.40. The van der Waals surface area contributed by atoms with Crippen molar-refractivity contribution in [3.05, 3.63) is 47.5 Å². The van der Waals surface area contributed by atoms with E-state index in [9.17, 15) is 5.11 Å². The zero-order valence-corrected chi connectivity index (χ0v) is 13.8. The topological polar surface area (TPSA) is 57.2 Å². The zero-order chi connectivity index (χ0) is 16.8. The maximum absolute atomic E-state index is 10.4. The number of benzene rings is 2. The summed E-state index contributed by atoms with van der Waals surface area (Å²) in [6.45, 7) is 0. The summed E-state index contributed by atoms with van der Waals surface area (Å²) in [5.74, 6) is 2.44. The molecule has 2 rings (SSSR count). The third-order valence-corrected chi connectivity index (χ3v) is 3.65. The van der Waals surface area contributed by atoms with Gasteiger partial charge in [-0.3, -0.25) is 0 Å². The number of hydrogen-bond acceptors (Lipinski definition) is 5. The molecule has 0 amide bonds. The summed E-state index contributed by atoms with van der Waals surface area (Å²) in [7, 11) is 6.32. The van der Waals surface area contributed by atoms with E-state index in [0.29, 0.717) is 23.7 Å². The molecule has 0 aliphatic heterocycles. The van der Waals surface area contributed by atoms with Crippen LogP contribution in [0.5, 0.6) is 23.0 Å². The van der Waals surface area contributed by atoms with E-state index in [2.05, 4.69) is 0 Å². The molecule has 2 aromatic carbocycles. The van der Waals surface area contributed by atoms with E-state index in [1.54, 1.807) is 28.4 Å². The van der Waals surface area contributed by atoms with Crippen LogP contribution >= 0.6 is 0 Å². The molecule has 1 unspecified atom stereocenters. The molecule has 0 aliphatic rings. The van der Waals surface area contributed by atoms with Gasteiger partial charge in [0.15, 0.2) is 11.5 Å². The molecule has 1 atom stereocenters. The first kappa shape index (κ1) is 17.0. The average Bonchev–Trinajstić information content (AvgIpc) is 2.60. The fraction of sp³-hybridized carbons (Fsp3) is 0.333. The molecule has 1 N–H and O–H groups in total. The lowest BCUT2D eigenvalue weighted by Crippen LogP contribution is -2.03. The van der Waals surface area contributed by atoms with E-state index >= 15 is 0 Å². The Morgan fingerprint density at radius 3 is 1.83 bits per heavy atom. The zero-order valence-electron chi connectivity index (χ0n) is 13.8. The van der Waals surface area contributed by atoms with Gasteiger partial charge in [-0.05, 0) is 35.4 Å². The summed E-state index contributed by atoms with van der Waals surface area (Å²) >= 11 is 0. The quantitative estimate of drug-likeness (QED) is 0.850. The number of rotatable bonds is 7. The van der Waals surface area contributed by atoms with Gasteiger partial charge in [0.05, 0.1) is 34.5 Å². The number of hydrogen-bond donors (Lipinski definition) is 1. The van der Waals surface area contributed by atoms with Gasteiger partial charge in [-0.1, -0.05) is 12.1 Å². The van der Waals surface area contributed by atoms with Gasteiger partial charge < -0.3 is 24.1 Å². The van der Waals surface area contributed by atoms with Crippen LogP contribution in [0.25, 0.3) is 0 Å². The van der Waals surface area contributed by atoms with Gasteiger partial charge in [-0.25, -0.2) is 0 Å². The summed E-state index contributed by atoms with van der Waals surface area (Å²) < 4.78 is 21.1. The second-order valence-electron chi connectivity index (χ2n) is 5.03. The molecule has 0 heterocycles. The minimum atomic E-state index is -0.635. The number of aliphatic hydroxyl groups excluding tert-OH is 1. The Labute approximate surface area is 136 Å². The van der Waals surface area contributed by atoms with Crippen molar-refractivity contribution in [2.75, 3.05) is 28.4 Å². The Morgan fingerprint density at radius 1 is 0.826 bits per heavy atom. The molecule has 0 saturated heterocycles. The van der Waals surface area contributed by atoms with Crippen LogP contribution in [0.4, 0.5) is 0 Å². The third-order valence-electron chi connectivity index (χ3n) is 3.65. The van der Waals surface area contributed by atoms with Crippen molar-refractivity contribution in [3.8, 4) is 23.0 Å². The molecule has 0 aliphatic carbocycles. The minimum Gasteiger partial charge on any atom is -0.497 e. The lowest BCUT2D eigenvalue weighted by Gasteiger charge is -2.16. The van der Waals surface area contributed by atoms with Gasteiger partial charge in [-0.15, -0.1) is 0 Å². The van der Waals surface area contributed by atoms with Crippen LogP contribution in [0.3, 0.4) is 0 Å². The Bertz CT molecular complexity index is 611. The SMILES string of the molecule is COc1ccc(C(O)Cc2cc(OC)c(OC)c(OC)c2)cc1. The van der Waals surface area contributed by atoms with Gasteiger partial charge in [0.25, 0.3) is 0 Å². The lowest BCUT2D eigenvalue weighted by atomic mass is 10.0. The summed E-state index contributed by atoms with van der Waals surface area (Å²) in [6, 6.07) is 11.0. The normalized spacial score (nSPS) is 11.7. The van der Waals surface area contributed by atoms with Crippen LogP contribution in [0.2, 0.25) is 0 Å². The monoisotopic (exact) mass is 318 g/mol. The number of methoxy groups -OCH3 is 4. The standard InChI is InChI=1S/C18H22O5/c1-20-14-7-5-13(6-8-14)15(19)9-12-10-16(21-2)18(23-4)17(11-12)22-3/h5-8,10-11,15,19H,9H2,1-4H3. The van der Waals surface area contributed by atoms with Gasteiger partial charge in [0.2, 0.25) is 5.75 Å². The van der Waals surface area contributed by atoms with Crippen molar-refractivity contribution in [1.82, 2.24) is 0 Å². The minimum absolute atomic E-state index is 0.434. The van der Waals surface area contributed by atoms with Gasteiger partial charge in [0, 0.05) is 6.42 Å². The van der Waals surface area contributed by atoms with Crippen molar-refractivity contribution in [2.45, 2.75) is 12.5 Å². The van der Waals surface area contributed by atoms with E-state index in [1.807, 2.05) is 36.4 Å². The smallest absolute Gasteiger partial charge is 0.203 e. The molecule has 0 saturated carbocycles. The van der Waals surface area contributed by atoms with E-state index in [-0.39, 0.29) is 0 Å². The summed E-state index contributed by atoms with van der Waals surface area (Å²) in [5, 5.41) is 10.4. The van der Waals surface area contributed by atoms with Crippen LogP contribution in [-0.2, 0) is 6.42 Å². The molecule has 124 valence electrons. The van der Waals surface area contributed by atoms with Crippen LogP contribution in [-0.4, -0.2) is 33.5 Å². The summed E-state index contributed by atoms with van der Waals surface area (Å²) in [4.78, 5) is 0. The van der Waals surface area contributed by atoms with Gasteiger partial charge >= 0.3 is 0 Å². The van der Waals surface area contributed by atoms with E-state index in [1.165, 1.54) is 0 Å². The Kier molecular flexibility index (Phi) is 5.71. The van der Waals surface area contributed by atoms with Crippen molar-refractivity contribution < 1.29 is 24.1 Å². The Morgan fingerprint density at radius 2 is 1.39 bits per heavy atom. The highest BCUT2D eigenvalue weighted by Crippen LogP contribution is 2.39. The average molecular weight is 318 g/mol. The largest absolute Gasteiger partial charge is 0.497 e. The van der Waals surface area contributed by atoms with E-state index < -0.39 is 6.10 Å². The Balaban J connectivity index is 2.24.